The molecule has 1 aromatic heterocycles. The third-order valence-corrected chi connectivity index (χ3v) is 5.54. The van der Waals surface area contributed by atoms with Gasteiger partial charge in [0.1, 0.15) is 23.8 Å². The topological polar surface area (TPSA) is 63.0 Å². The van der Waals surface area contributed by atoms with Gasteiger partial charge in [0.25, 0.3) is 5.91 Å². The molecule has 0 unspecified atom stereocenters. The molecule has 0 aliphatic rings. The van der Waals surface area contributed by atoms with E-state index >= 15 is 0 Å². The molecule has 3 aromatic rings. The summed E-state index contributed by atoms with van der Waals surface area (Å²) in [5.74, 6) is 2.18. The predicted octanol–water partition coefficient (Wildman–Crippen LogP) is 4.97. The Hall–Kier alpha value is -3.54. The van der Waals surface area contributed by atoms with Crippen LogP contribution in [0, 0.1) is 12.8 Å². The summed E-state index contributed by atoms with van der Waals surface area (Å²) in [6, 6.07) is 20.9. The number of furan rings is 1. The van der Waals surface area contributed by atoms with E-state index in [-0.39, 0.29) is 24.3 Å². The molecule has 6 nitrogen and oxygen atoms in total. The third-order valence-electron chi connectivity index (χ3n) is 5.54. The van der Waals surface area contributed by atoms with Crippen molar-refractivity contribution in [2.75, 3.05) is 26.7 Å². The van der Waals surface area contributed by atoms with Crippen LogP contribution in [-0.4, -0.2) is 48.4 Å². The first-order valence-electron chi connectivity index (χ1n) is 11.7. The van der Waals surface area contributed by atoms with Gasteiger partial charge in [0.2, 0.25) is 5.91 Å². The maximum absolute atomic E-state index is 13.5. The summed E-state index contributed by atoms with van der Waals surface area (Å²) in [7, 11) is 1.59. The van der Waals surface area contributed by atoms with Gasteiger partial charge in [-0.2, -0.15) is 0 Å². The van der Waals surface area contributed by atoms with Crippen LogP contribution in [0.3, 0.4) is 0 Å². The highest BCUT2D eigenvalue weighted by atomic mass is 16.5. The van der Waals surface area contributed by atoms with Crippen LogP contribution in [0.2, 0.25) is 0 Å². The lowest BCUT2D eigenvalue weighted by Gasteiger charge is -2.28. The molecular formula is C28H34N2O4. The third kappa shape index (κ3) is 7.24. The SMILES string of the molecule is COc1ccc(C(=O)N(CC(=O)N(CCc2ccccc2)Cc2ccc(C)o2)CC(C)C)cc1. The lowest BCUT2D eigenvalue weighted by Crippen LogP contribution is -2.44. The van der Waals surface area contributed by atoms with Crippen LogP contribution < -0.4 is 4.74 Å². The van der Waals surface area contributed by atoms with Crippen molar-refractivity contribution in [3.63, 3.8) is 0 Å². The van der Waals surface area contributed by atoms with Crippen LogP contribution in [0.1, 0.15) is 41.3 Å². The molecule has 180 valence electrons. The van der Waals surface area contributed by atoms with Crippen LogP contribution in [0.4, 0.5) is 0 Å². The van der Waals surface area contributed by atoms with E-state index in [1.54, 1.807) is 41.2 Å². The van der Waals surface area contributed by atoms with Crippen molar-refractivity contribution in [1.82, 2.24) is 9.80 Å². The second-order valence-electron chi connectivity index (χ2n) is 8.87. The average Bonchev–Trinajstić information content (AvgIpc) is 3.25. The van der Waals surface area contributed by atoms with E-state index in [4.69, 9.17) is 9.15 Å². The van der Waals surface area contributed by atoms with E-state index in [1.807, 2.05) is 51.1 Å². The van der Waals surface area contributed by atoms with Gasteiger partial charge in [0, 0.05) is 18.7 Å². The molecule has 2 amide bonds. The summed E-state index contributed by atoms with van der Waals surface area (Å²) in [5.41, 5.74) is 1.69. The van der Waals surface area contributed by atoms with E-state index < -0.39 is 0 Å². The summed E-state index contributed by atoms with van der Waals surface area (Å²) in [6.45, 7) is 7.37. The van der Waals surface area contributed by atoms with Crippen molar-refractivity contribution in [1.29, 1.82) is 0 Å². The fourth-order valence-electron chi connectivity index (χ4n) is 3.80. The first-order valence-corrected chi connectivity index (χ1v) is 11.7. The minimum absolute atomic E-state index is 0.0114. The molecule has 0 aliphatic carbocycles. The Bertz CT molecular complexity index is 1060. The van der Waals surface area contributed by atoms with Gasteiger partial charge in [-0.3, -0.25) is 9.59 Å². The molecule has 0 radical (unpaired) electrons. The number of nitrogens with zero attached hydrogens (tertiary/aromatic N) is 2. The summed E-state index contributed by atoms with van der Waals surface area (Å²) in [6.07, 6.45) is 0.725. The quantitative estimate of drug-likeness (QED) is 0.404. The number of amides is 2. The van der Waals surface area contributed by atoms with Crippen LogP contribution in [0.15, 0.2) is 71.1 Å². The molecule has 0 atom stereocenters. The Morgan fingerprint density at radius 2 is 1.65 bits per heavy atom. The van der Waals surface area contributed by atoms with Gasteiger partial charge in [-0.1, -0.05) is 44.2 Å². The van der Waals surface area contributed by atoms with Crippen molar-refractivity contribution >= 4 is 11.8 Å². The molecule has 0 saturated carbocycles. The molecule has 1 heterocycles. The smallest absolute Gasteiger partial charge is 0.254 e. The summed E-state index contributed by atoms with van der Waals surface area (Å²) < 4.78 is 10.9. The van der Waals surface area contributed by atoms with E-state index in [9.17, 15) is 9.59 Å². The van der Waals surface area contributed by atoms with E-state index in [0.29, 0.717) is 30.9 Å². The van der Waals surface area contributed by atoms with Gasteiger partial charge in [0.15, 0.2) is 0 Å². The molecule has 0 bridgehead atoms. The average molecular weight is 463 g/mol. The Labute approximate surface area is 202 Å². The largest absolute Gasteiger partial charge is 0.497 e. The minimum Gasteiger partial charge on any atom is -0.497 e. The summed E-state index contributed by atoms with van der Waals surface area (Å²) >= 11 is 0. The van der Waals surface area contributed by atoms with Gasteiger partial charge in [-0.25, -0.2) is 0 Å². The van der Waals surface area contributed by atoms with Crippen molar-refractivity contribution in [3.05, 3.63) is 89.4 Å². The Morgan fingerprint density at radius 1 is 0.941 bits per heavy atom. The monoisotopic (exact) mass is 462 g/mol. The molecule has 0 saturated heterocycles. The molecule has 2 aromatic carbocycles. The van der Waals surface area contributed by atoms with Crippen molar-refractivity contribution < 1.29 is 18.7 Å². The van der Waals surface area contributed by atoms with Gasteiger partial charge >= 0.3 is 0 Å². The number of benzene rings is 2. The standard InChI is InChI=1S/C28H34N2O4/c1-21(2)18-30(28(32)24-11-14-25(33-4)15-12-24)20-27(31)29(19-26-13-10-22(3)34-26)17-16-23-8-6-5-7-9-23/h5-15,21H,16-20H2,1-4H3. The normalized spacial score (nSPS) is 10.9. The highest BCUT2D eigenvalue weighted by molar-refractivity contribution is 5.96. The van der Waals surface area contributed by atoms with Crippen LogP contribution in [0.5, 0.6) is 5.75 Å². The highest BCUT2D eigenvalue weighted by Crippen LogP contribution is 2.16. The first-order chi connectivity index (χ1) is 16.4. The molecular weight excluding hydrogens is 428 g/mol. The van der Waals surface area contributed by atoms with Gasteiger partial charge < -0.3 is 19.0 Å². The molecule has 0 spiro atoms. The molecule has 3 rings (SSSR count). The zero-order chi connectivity index (χ0) is 24.5. The van der Waals surface area contributed by atoms with E-state index in [0.717, 1.165) is 23.5 Å². The molecule has 0 aliphatic heterocycles. The number of aryl methyl sites for hydroxylation is 1. The van der Waals surface area contributed by atoms with Crippen molar-refractivity contribution in [2.24, 2.45) is 5.92 Å². The van der Waals surface area contributed by atoms with E-state index in [2.05, 4.69) is 12.1 Å². The number of carbonyl (C=O) groups excluding carboxylic acids is 2. The van der Waals surface area contributed by atoms with Crippen LogP contribution >= 0.6 is 0 Å². The minimum atomic E-state index is -0.165. The summed E-state index contributed by atoms with van der Waals surface area (Å²) in [4.78, 5) is 30.2. The van der Waals surface area contributed by atoms with Crippen molar-refractivity contribution in [3.8, 4) is 5.75 Å². The molecule has 6 heteroatoms. The van der Waals surface area contributed by atoms with Crippen LogP contribution in [0.25, 0.3) is 0 Å². The molecule has 34 heavy (non-hydrogen) atoms. The molecule has 0 N–H and O–H groups in total. The van der Waals surface area contributed by atoms with Gasteiger partial charge in [-0.15, -0.1) is 0 Å². The number of rotatable bonds is 11. The Morgan fingerprint density at radius 3 is 2.24 bits per heavy atom. The van der Waals surface area contributed by atoms with E-state index in [1.165, 1.54) is 0 Å². The lowest BCUT2D eigenvalue weighted by molar-refractivity contribution is -0.132. The second-order valence-corrected chi connectivity index (χ2v) is 8.87. The number of hydrogen-bond donors (Lipinski definition) is 0. The first kappa shape index (κ1) is 25.1. The maximum Gasteiger partial charge on any atom is 0.254 e. The lowest BCUT2D eigenvalue weighted by atomic mass is 10.1. The predicted molar refractivity (Wildman–Crippen MR) is 133 cm³/mol. The number of hydrogen-bond acceptors (Lipinski definition) is 4. The van der Waals surface area contributed by atoms with Gasteiger partial charge in [0.05, 0.1) is 13.7 Å². The van der Waals surface area contributed by atoms with Crippen molar-refractivity contribution in [2.45, 2.75) is 33.7 Å². The Kier molecular flexibility index (Phi) is 8.91. The fraction of sp³-hybridized carbons (Fsp3) is 0.357. The number of carbonyl (C=O) groups is 2. The fourth-order valence-corrected chi connectivity index (χ4v) is 3.80. The van der Waals surface area contributed by atoms with Gasteiger partial charge in [-0.05, 0) is 61.2 Å². The zero-order valence-corrected chi connectivity index (χ0v) is 20.5. The number of ether oxygens (including phenoxy) is 1. The van der Waals surface area contributed by atoms with Crippen LogP contribution in [-0.2, 0) is 17.8 Å². The second kappa shape index (κ2) is 12.1. The number of methoxy groups -OCH3 is 1. The zero-order valence-electron chi connectivity index (χ0n) is 20.5. The summed E-state index contributed by atoms with van der Waals surface area (Å²) in [5, 5.41) is 0. The Balaban J connectivity index is 1.76. The maximum atomic E-state index is 13.5. The molecule has 0 fully saturated rings. The highest BCUT2D eigenvalue weighted by Gasteiger charge is 2.24.